The number of likely N-dealkylation sites (tertiary alicyclic amines) is 1. The second-order valence-corrected chi connectivity index (χ2v) is 10.9. The molecule has 2 heterocycles. The van der Waals surface area contributed by atoms with Gasteiger partial charge in [-0.1, -0.05) is 12.8 Å². The Bertz CT molecular complexity index is 805. The van der Waals surface area contributed by atoms with Gasteiger partial charge in [-0.3, -0.25) is 4.79 Å². The quantitative estimate of drug-likeness (QED) is 0.735. The van der Waals surface area contributed by atoms with Crippen LogP contribution >= 0.6 is 11.8 Å². The number of sulfonamides is 1. The maximum atomic E-state index is 12.9. The summed E-state index contributed by atoms with van der Waals surface area (Å²) < 4.78 is 28.5. The molecule has 1 saturated heterocycles. The van der Waals surface area contributed by atoms with Crippen LogP contribution in [0, 0.1) is 0 Å². The summed E-state index contributed by atoms with van der Waals surface area (Å²) in [6.07, 6.45) is 6.74. The first kappa shape index (κ1) is 22.6. The smallest absolute Gasteiger partial charge is 0.240 e. The predicted octanol–water partition coefficient (Wildman–Crippen LogP) is 3.47. The summed E-state index contributed by atoms with van der Waals surface area (Å²) in [5.74, 6) is 0.873. The molecule has 0 bridgehead atoms. The molecule has 1 N–H and O–H groups in total. The highest BCUT2D eigenvalue weighted by Gasteiger charge is 2.23. The third kappa shape index (κ3) is 5.96. The summed E-state index contributed by atoms with van der Waals surface area (Å²) in [4.78, 5) is 17.4. The van der Waals surface area contributed by atoms with E-state index in [1.807, 2.05) is 6.07 Å². The Hall–Kier alpha value is -1.09. The molecule has 0 aliphatic carbocycles. The van der Waals surface area contributed by atoms with Crippen LogP contribution in [-0.2, 0) is 14.8 Å². The molecular weight excluding hydrogens is 406 g/mol. The van der Waals surface area contributed by atoms with Gasteiger partial charge in [0.1, 0.15) is 0 Å². The second-order valence-electron chi connectivity index (χ2n) is 7.99. The highest BCUT2D eigenvalue weighted by atomic mass is 32.2. The molecule has 1 aromatic carbocycles. The number of nitrogens with zero attached hydrogens (tertiary/aromatic N) is 2. The number of carbonyl (C=O) groups excluding carboxylic acids is 1. The summed E-state index contributed by atoms with van der Waals surface area (Å²) in [6.45, 7) is 6.98. The van der Waals surface area contributed by atoms with E-state index in [-0.39, 0.29) is 10.8 Å². The van der Waals surface area contributed by atoms with Gasteiger partial charge in [-0.2, -0.15) is 0 Å². The van der Waals surface area contributed by atoms with Crippen molar-refractivity contribution in [2.75, 3.05) is 36.8 Å². The predicted molar refractivity (Wildman–Crippen MR) is 119 cm³/mol. The lowest BCUT2D eigenvalue weighted by Gasteiger charge is -2.27. The normalized spacial score (nSPS) is 19.9. The fourth-order valence-electron chi connectivity index (χ4n) is 4.05. The van der Waals surface area contributed by atoms with Gasteiger partial charge in [0, 0.05) is 31.0 Å². The first-order valence-electron chi connectivity index (χ1n) is 10.7. The van der Waals surface area contributed by atoms with Crippen molar-refractivity contribution in [2.24, 2.45) is 0 Å². The molecule has 0 saturated carbocycles. The lowest BCUT2D eigenvalue weighted by molar-refractivity contribution is -0.116. The fourth-order valence-corrected chi connectivity index (χ4v) is 6.10. The second kappa shape index (κ2) is 10.3. The summed E-state index contributed by atoms with van der Waals surface area (Å²) in [5.41, 5.74) is 0.709. The van der Waals surface area contributed by atoms with Crippen LogP contribution in [0.5, 0.6) is 0 Å². The van der Waals surface area contributed by atoms with Crippen molar-refractivity contribution in [1.29, 1.82) is 0 Å². The van der Waals surface area contributed by atoms with Crippen LogP contribution in [-0.4, -0.2) is 57.2 Å². The van der Waals surface area contributed by atoms with E-state index >= 15 is 0 Å². The molecule has 1 amide bonds. The van der Waals surface area contributed by atoms with Gasteiger partial charge in [-0.25, -0.2) is 13.1 Å². The van der Waals surface area contributed by atoms with Crippen LogP contribution in [0.15, 0.2) is 28.0 Å². The third-order valence-corrected chi connectivity index (χ3v) is 8.42. The van der Waals surface area contributed by atoms with Crippen LogP contribution in [0.1, 0.15) is 52.4 Å². The molecule has 0 aromatic heterocycles. The lowest BCUT2D eigenvalue weighted by Crippen LogP contribution is -2.37. The molecule has 0 radical (unpaired) electrons. The van der Waals surface area contributed by atoms with Crippen molar-refractivity contribution in [3.8, 4) is 0 Å². The minimum absolute atomic E-state index is 0.0532. The summed E-state index contributed by atoms with van der Waals surface area (Å²) >= 11 is 1.67. The number of rotatable bonds is 6. The van der Waals surface area contributed by atoms with Gasteiger partial charge >= 0.3 is 0 Å². The molecule has 1 aromatic rings. The molecule has 1 fully saturated rings. The SMILES string of the molecule is CC(=O)N1CCCSc2ccc(S(=O)(=O)NCC[C@H](C)N3CCCCCC3)cc21. The van der Waals surface area contributed by atoms with Crippen LogP contribution in [0.2, 0.25) is 0 Å². The van der Waals surface area contributed by atoms with Crippen molar-refractivity contribution in [3.05, 3.63) is 18.2 Å². The van der Waals surface area contributed by atoms with E-state index in [9.17, 15) is 13.2 Å². The monoisotopic (exact) mass is 439 g/mol. The number of thioether (sulfide) groups is 1. The van der Waals surface area contributed by atoms with Crippen molar-refractivity contribution >= 4 is 33.4 Å². The zero-order valence-corrected chi connectivity index (χ0v) is 19.2. The Kier molecular flexibility index (Phi) is 8.01. The van der Waals surface area contributed by atoms with E-state index in [1.165, 1.54) is 32.6 Å². The maximum absolute atomic E-state index is 12.9. The molecule has 29 heavy (non-hydrogen) atoms. The number of anilines is 1. The van der Waals surface area contributed by atoms with E-state index in [2.05, 4.69) is 16.5 Å². The van der Waals surface area contributed by atoms with Gasteiger partial charge in [0.25, 0.3) is 0 Å². The van der Waals surface area contributed by atoms with Crippen molar-refractivity contribution in [2.45, 2.75) is 68.2 Å². The average Bonchev–Trinajstić information content (AvgIpc) is 3.08. The van der Waals surface area contributed by atoms with Crippen molar-refractivity contribution in [1.82, 2.24) is 9.62 Å². The van der Waals surface area contributed by atoms with Crippen molar-refractivity contribution < 1.29 is 13.2 Å². The van der Waals surface area contributed by atoms with E-state index in [4.69, 9.17) is 0 Å². The molecule has 1 atom stereocenters. The Labute approximate surface area is 179 Å². The van der Waals surface area contributed by atoms with Gasteiger partial charge in [-0.05, 0) is 69.6 Å². The number of hydrogen-bond acceptors (Lipinski definition) is 5. The Morgan fingerprint density at radius 1 is 1.14 bits per heavy atom. The van der Waals surface area contributed by atoms with Crippen molar-refractivity contribution in [3.63, 3.8) is 0 Å². The topological polar surface area (TPSA) is 69.7 Å². The van der Waals surface area contributed by atoms with Crippen LogP contribution in [0.3, 0.4) is 0 Å². The lowest BCUT2D eigenvalue weighted by atomic mass is 10.2. The number of nitrogens with one attached hydrogen (secondary N) is 1. The van der Waals surface area contributed by atoms with Gasteiger partial charge in [0.2, 0.25) is 15.9 Å². The Morgan fingerprint density at radius 3 is 2.55 bits per heavy atom. The van der Waals surface area contributed by atoms with Gasteiger partial charge in [0.15, 0.2) is 0 Å². The van der Waals surface area contributed by atoms with Crippen LogP contribution in [0.4, 0.5) is 5.69 Å². The number of fused-ring (bicyclic) bond motifs is 1. The molecule has 6 nitrogen and oxygen atoms in total. The summed E-state index contributed by atoms with van der Waals surface area (Å²) in [5, 5.41) is 0. The van der Waals surface area contributed by atoms with E-state index in [0.29, 0.717) is 24.8 Å². The Morgan fingerprint density at radius 2 is 1.86 bits per heavy atom. The molecule has 2 aliphatic heterocycles. The zero-order valence-electron chi connectivity index (χ0n) is 17.5. The molecule has 3 rings (SSSR count). The van der Waals surface area contributed by atoms with Crippen LogP contribution < -0.4 is 9.62 Å². The number of carbonyl (C=O) groups is 1. The van der Waals surface area contributed by atoms with Crippen LogP contribution in [0.25, 0.3) is 0 Å². The van der Waals surface area contributed by atoms with E-state index < -0.39 is 10.0 Å². The van der Waals surface area contributed by atoms with Gasteiger partial charge in [0.05, 0.1) is 10.6 Å². The highest BCUT2D eigenvalue weighted by molar-refractivity contribution is 7.99. The third-order valence-electron chi connectivity index (χ3n) is 5.81. The summed E-state index contributed by atoms with van der Waals surface area (Å²) in [6, 6.07) is 5.49. The number of amides is 1. The largest absolute Gasteiger partial charge is 0.311 e. The molecule has 2 aliphatic rings. The summed E-state index contributed by atoms with van der Waals surface area (Å²) in [7, 11) is -3.60. The van der Waals surface area contributed by atoms with Gasteiger partial charge < -0.3 is 9.80 Å². The average molecular weight is 440 g/mol. The number of hydrogen-bond donors (Lipinski definition) is 1. The molecule has 0 unspecified atom stereocenters. The maximum Gasteiger partial charge on any atom is 0.240 e. The van der Waals surface area contributed by atoms with E-state index in [0.717, 1.165) is 36.6 Å². The number of benzene rings is 1. The first-order valence-corrected chi connectivity index (χ1v) is 13.1. The minimum atomic E-state index is -3.60. The molecule has 162 valence electrons. The highest BCUT2D eigenvalue weighted by Crippen LogP contribution is 2.35. The molecular formula is C21H33N3O3S2. The minimum Gasteiger partial charge on any atom is -0.311 e. The Balaban J connectivity index is 1.65. The molecule has 0 spiro atoms. The van der Waals surface area contributed by atoms with Gasteiger partial charge in [-0.15, -0.1) is 11.8 Å². The first-order chi connectivity index (χ1) is 13.9. The molecule has 8 heteroatoms. The van der Waals surface area contributed by atoms with E-state index in [1.54, 1.807) is 28.8 Å². The standard InChI is InChI=1S/C21H33N3O3S2/c1-17(23-12-5-3-4-6-13-23)10-11-22-29(26,27)19-8-9-21-20(16-19)24(18(2)25)14-7-15-28-21/h8-9,16-17,22H,3-7,10-15H2,1-2H3/t17-/m0/s1. The zero-order chi connectivity index (χ0) is 20.9. The fraction of sp³-hybridized carbons (Fsp3) is 0.667.